The quantitative estimate of drug-likeness (QED) is 0.626. The van der Waals surface area contributed by atoms with Gasteiger partial charge in [-0.2, -0.15) is 18.4 Å². The molecule has 0 saturated carbocycles. The fourth-order valence-electron chi connectivity index (χ4n) is 1.43. The SMILES string of the molecule is CCOC(=O)c1cc(C(F)(F)F)c(C=O)cc1C#N. The first-order chi connectivity index (χ1) is 8.85. The van der Waals surface area contributed by atoms with Crippen LogP contribution in [0, 0.1) is 11.3 Å². The maximum Gasteiger partial charge on any atom is 0.417 e. The van der Waals surface area contributed by atoms with Crippen molar-refractivity contribution in [3.63, 3.8) is 0 Å². The van der Waals surface area contributed by atoms with E-state index in [-0.39, 0.29) is 18.5 Å². The van der Waals surface area contributed by atoms with Crippen molar-refractivity contribution in [3.05, 3.63) is 34.4 Å². The topological polar surface area (TPSA) is 67.2 Å². The zero-order chi connectivity index (χ0) is 14.6. The predicted octanol–water partition coefficient (Wildman–Crippen LogP) is 2.57. The molecule has 1 aromatic carbocycles. The standard InChI is InChI=1S/C12H8F3NO3/c1-2-19-11(18)9-4-10(12(13,14)15)8(6-17)3-7(9)5-16/h3-4,6H,2H2,1H3. The summed E-state index contributed by atoms with van der Waals surface area (Å²) in [5.74, 6) is -1.04. The summed E-state index contributed by atoms with van der Waals surface area (Å²) in [7, 11) is 0. The summed E-state index contributed by atoms with van der Waals surface area (Å²) in [6.07, 6.45) is -4.82. The molecule has 0 spiro atoms. The van der Waals surface area contributed by atoms with E-state index in [0.717, 1.165) is 6.07 Å². The summed E-state index contributed by atoms with van der Waals surface area (Å²) in [4.78, 5) is 22.1. The van der Waals surface area contributed by atoms with Gasteiger partial charge in [0.2, 0.25) is 0 Å². The number of hydrogen-bond acceptors (Lipinski definition) is 4. The van der Waals surface area contributed by atoms with Gasteiger partial charge in [0.05, 0.1) is 23.3 Å². The number of halogens is 3. The van der Waals surface area contributed by atoms with Crippen LogP contribution in [0.25, 0.3) is 0 Å². The van der Waals surface area contributed by atoms with Gasteiger partial charge in [-0.25, -0.2) is 4.79 Å². The number of carbonyl (C=O) groups excluding carboxylic acids is 2. The number of alkyl halides is 3. The zero-order valence-electron chi connectivity index (χ0n) is 9.75. The molecule has 0 amide bonds. The van der Waals surface area contributed by atoms with Crippen LogP contribution in [0.1, 0.15) is 38.8 Å². The minimum absolute atomic E-state index is 0.0153. The smallest absolute Gasteiger partial charge is 0.417 e. The lowest BCUT2D eigenvalue weighted by Crippen LogP contribution is -2.14. The molecular formula is C12H8F3NO3. The van der Waals surface area contributed by atoms with Crippen molar-refractivity contribution in [3.8, 4) is 6.07 Å². The fourth-order valence-corrected chi connectivity index (χ4v) is 1.43. The van der Waals surface area contributed by atoms with Crippen LogP contribution in [-0.2, 0) is 10.9 Å². The van der Waals surface area contributed by atoms with Crippen molar-refractivity contribution in [2.45, 2.75) is 13.1 Å². The van der Waals surface area contributed by atoms with Crippen LogP contribution in [0.15, 0.2) is 12.1 Å². The van der Waals surface area contributed by atoms with Gasteiger partial charge in [0.15, 0.2) is 6.29 Å². The molecule has 0 unspecified atom stereocenters. The molecule has 1 rings (SSSR count). The number of ether oxygens (including phenoxy) is 1. The Bertz CT molecular complexity index is 559. The lowest BCUT2D eigenvalue weighted by Gasteiger charge is -2.12. The number of esters is 1. The minimum atomic E-state index is -4.80. The molecule has 0 N–H and O–H groups in total. The highest BCUT2D eigenvalue weighted by atomic mass is 19.4. The fraction of sp³-hybridized carbons (Fsp3) is 0.250. The molecule has 0 aliphatic rings. The van der Waals surface area contributed by atoms with Crippen molar-refractivity contribution in [2.75, 3.05) is 6.61 Å². The lowest BCUT2D eigenvalue weighted by atomic mass is 9.99. The van der Waals surface area contributed by atoms with Gasteiger partial charge in [-0.15, -0.1) is 0 Å². The van der Waals surface area contributed by atoms with Gasteiger partial charge >= 0.3 is 12.1 Å². The molecule has 7 heteroatoms. The third-order valence-corrected chi connectivity index (χ3v) is 2.24. The van der Waals surface area contributed by atoms with Crippen LogP contribution in [0.4, 0.5) is 13.2 Å². The van der Waals surface area contributed by atoms with E-state index in [4.69, 9.17) is 5.26 Å². The van der Waals surface area contributed by atoms with Crippen molar-refractivity contribution >= 4 is 12.3 Å². The third kappa shape index (κ3) is 3.10. The second-order valence-electron chi connectivity index (χ2n) is 3.43. The van der Waals surface area contributed by atoms with Crippen molar-refractivity contribution in [1.29, 1.82) is 5.26 Å². The average Bonchev–Trinajstić information content (AvgIpc) is 2.36. The van der Waals surface area contributed by atoms with Gasteiger partial charge in [-0.05, 0) is 19.1 Å². The predicted molar refractivity (Wildman–Crippen MR) is 57.5 cm³/mol. The highest BCUT2D eigenvalue weighted by molar-refractivity contribution is 5.94. The Labute approximate surface area is 106 Å². The summed E-state index contributed by atoms with van der Waals surface area (Å²) in [5.41, 5.74) is -2.82. The first-order valence-corrected chi connectivity index (χ1v) is 5.12. The van der Waals surface area contributed by atoms with Crippen LogP contribution in [0.5, 0.6) is 0 Å². The highest BCUT2D eigenvalue weighted by Crippen LogP contribution is 2.33. The van der Waals surface area contributed by atoms with E-state index in [0.29, 0.717) is 6.07 Å². The first-order valence-electron chi connectivity index (χ1n) is 5.12. The lowest BCUT2D eigenvalue weighted by molar-refractivity contribution is -0.137. The minimum Gasteiger partial charge on any atom is -0.462 e. The highest BCUT2D eigenvalue weighted by Gasteiger charge is 2.35. The molecule has 0 saturated heterocycles. The Morgan fingerprint density at radius 3 is 2.53 bits per heavy atom. The largest absolute Gasteiger partial charge is 0.462 e. The normalized spacial score (nSPS) is 10.7. The van der Waals surface area contributed by atoms with E-state index < -0.39 is 28.8 Å². The Hall–Kier alpha value is -2.36. The number of aldehydes is 1. The maximum atomic E-state index is 12.7. The second-order valence-corrected chi connectivity index (χ2v) is 3.43. The van der Waals surface area contributed by atoms with Crippen LogP contribution in [0.3, 0.4) is 0 Å². The Kier molecular flexibility index (Phi) is 4.27. The third-order valence-electron chi connectivity index (χ3n) is 2.24. The maximum absolute atomic E-state index is 12.7. The number of benzene rings is 1. The molecule has 0 fully saturated rings. The van der Waals surface area contributed by atoms with Gasteiger partial charge in [-0.3, -0.25) is 4.79 Å². The Morgan fingerprint density at radius 1 is 1.47 bits per heavy atom. The molecule has 19 heavy (non-hydrogen) atoms. The van der Waals surface area contributed by atoms with Crippen molar-refractivity contribution in [2.24, 2.45) is 0 Å². The first kappa shape index (κ1) is 14.7. The molecule has 0 aromatic heterocycles. The molecular weight excluding hydrogens is 263 g/mol. The summed E-state index contributed by atoms with van der Waals surface area (Å²) < 4.78 is 42.7. The summed E-state index contributed by atoms with van der Waals surface area (Å²) in [6.45, 7) is 1.44. The average molecular weight is 271 g/mol. The van der Waals surface area contributed by atoms with Crippen LogP contribution >= 0.6 is 0 Å². The monoisotopic (exact) mass is 271 g/mol. The van der Waals surface area contributed by atoms with Gasteiger partial charge in [0.25, 0.3) is 0 Å². The molecule has 0 heterocycles. The zero-order valence-corrected chi connectivity index (χ0v) is 9.75. The molecule has 0 aliphatic heterocycles. The van der Waals surface area contributed by atoms with Gasteiger partial charge in [0, 0.05) is 5.56 Å². The number of nitriles is 1. The second kappa shape index (κ2) is 5.52. The van der Waals surface area contributed by atoms with Gasteiger partial charge < -0.3 is 4.74 Å². The van der Waals surface area contributed by atoms with E-state index in [9.17, 15) is 22.8 Å². The van der Waals surface area contributed by atoms with Gasteiger partial charge in [-0.1, -0.05) is 0 Å². The molecule has 4 nitrogen and oxygen atoms in total. The molecule has 100 valence electrons. The van der Waals surface area contributed by atoms with E-state index in [2.05, 4.69) is 4.74 Å². The molecule has 0 aliphatic carbocycles. The van der Waals surface area contributed by atoms with E-state index in [1.165, 1.54) is 6.92 Å². The van der Waals surface area contributed by atoms with Crippen LogP contribution in [0.2, 0.25) is 0 Å². The molecule has 0 bridgehead atoms. The van der Waals surface area contributed by atoms with Crippen LogP contribution in [-0.4, -0.2) is 18.9 Å². The number of nitrogens with zero attached hydrogens (tertiary/aromatic N) is 1. The number of rotatable bonds is 3. The van der Waals surface area contributed by atoms with Crippen LogP contribution < -0.4 is 0 Å². The molecule has 0 radical (unpaired) electrons. The Morgan fingerprint density at radius 2 is 2.11 bits per heavy atom. The molecule has 1 aromatic rings. The Balaban J connectivity index is 3.52. The molecule has 0 atom stereocenters. The number of carbonyl (C=O) groups is 2. The number of hydrogen-bond donors (Lipinski definition) is 0. The summed E-state index contributed by atoms with van der Waals surface area (Å²) in [6, 6.07) is 2.74. The van der Waals surface area contributed by atoms with Crippen molar-refractivity contribution in [1.82, 2.24) is 0 Å². The van der Waals surface area contributed by atoms with E-state index >= 15 is 0 Å². The summed E-state index contributed by atoms with van der Waals surface area (Å²) >= 11 is 0. The van der Waals surface area contributed by atoms with E-state index in [1.54, 1.807) is 6.07 Å². The summed E-state index contributed by atoms with van der Waals surface area (Å²) in [5, 5.41) is 8.79. The van der Waals surface area contributed by atoms with Gasteiger partial charge in [0.1, 0.15) is 6.07 Å². The van der Waals surface area contributed by atoms with E-state index in [1.807, 2.05) is 0 Å². The van der Waals surface area contributed by atoms with Crippen molar-refractivity contribution < 1.29 is 27.5 Å².